The number of para-hydroxylation sites is 1. The summed E-state index contributed by atoms with van der Waals surface area (Å²) in [5, 5.41) is 2.62. The molecule has 0 aliphatic rings. The summed E-state index contributed by atoms with van der Waals surface area (Å²) in [5.74, 6) is -1.42. The Morgan fingerprint density at radius 1 is 1.00 bits per heavy atom. The molecular formula is C23H22N2O5. The summed E-state index contributed by atoms with van der Waals surface area (Å²) in [6.45, 7) is 1.92. The fraction of sp³-hybridized carbons (Fsp3) is 0.174. The van der Waals surface area contributed by atoms with Gasteiger partial charge in [-0.3, -0.25) is 9.59 Å². The first-order valence-corrected chi connectivity index (χ1v) is 9.39. The maximum atomic E-state index is 12.7. The Labute approximate surface area is 174 Å². The molecule has 1 heterocycles. The van der Waals surface area contributed by atoms with E-state index in [-0.39, 0.29) is 22.9 Å². The van der Waals surface area contributed by atoms with Gasteiger partial charge in [-0.2, -0.15) is 0 Å². The molecule has 30 heavy (non-hydrogen) atoms. The van der Waals surface area contributed by atoms with Gasteiger partial charge in [0.1, 0.15) is 0 Å². The molecule has 0 aliphatic heterocycles. The first-order chi connectivity index (χ1) is 14.5. The van der Waals surface area contributed by atoms with E-state index in [9.17, 15) is 14.4 Å². The molecule has 1 atom stereocenters. The van der Waals surface area contributed by atoms with Gasteiger partial charge in [-0.25, -0.2) is 4.79 Å². The number of rotatable bonds is 7. The molecular weight excluding hydrogens is 384 g/mol. The molecule has 0 aliphatic carbocycles. The van der Waals surface area contributed by atoms with E-state index < -0.39 is 18.0 Å². The highest BCUT2D eigenvalue weighted by molar-refractivity contribution is 6.06. The molecule has 0 saturated heterocycles. The van der Waals surface area contributed by atoms with Crippen molar-refractivity contribution in [2.75, 3.05) is 12.4 Å². The summed E-state index contributed by atoms with van der Waals surface area (Å²) in [7, 11) is 1.65. The van der Waals surface area contributed by atoms with Crippen molar-refractivity contribution in [2.45, 2.75) is 19.6 Å². The first kappa shape index (κ1) is 20.9. The van der Waals surface area contributed by atoms with E-state index >= 15 is 0 Å². The van der Waals surface area contributed by atoms with Crippen molar-refractivity contribution in [1.29, 1.82) is 0 Å². The van der Waals surface area contributed by atoms with Crippen LogP contribution in [0.15, 0.2) is 77.4 Å². The molecule has 0 radical (unpaired) electrons. The summed E-state index contributed by atoms with van der Waals surface area (Å²) < 4.78 is 10.4. The van der Waals surface area contributed by atoms with Crippen LogP contribution in [0.25, 0.3) is 0 Å². The Hall–Kier alpha value is -3.87. The number of carbonyl (C=O) groups is 3. The van der Waals surface area contributed by atoms with Crippen molar-refractivity contribution in [3.63, 3.8) is 0 Å². The van der Waals surface area contributed by atoms with Crippen LogP contribution in [0, 0.1) is 0 Å². The summed E-state index contributed by atoms with van der Waals surface area (Å²) in [4.78, 5) is 39.0. The molecule has 3 rings (SSSR count). The molecule has 7 nitrogen and oxygen atoms in total. The minimum Gasteiger partial charge on any atom is -0.459 e. The van der Waals surface area contributed by atoms with Gasteiger partial charge in [0.15, 0.2) is 11.9 Å². The smallest absolute Gasteiger partial charge is 0.341 e. The van der Waals surface area contributed by atoms with Crippen LogP contribution >= 0.6 is 0 Å². The topological polar surface area (TPSA) is 88.8 Å². The molecule has 0 fully saturated rings. The third-order valence-electron chi connectivity index (χ3n) is 4.41. The van der Waals surface area contributed by atoms with Crippen LogP contribution < -0.4 is 5.32 Å². The third kappa shape index (κ3) is 5.14. The van der Waals surface area contributed by atoms with E-state index in [4.69, 9.17) is 9.15 Å². The van der Waals surface area contributed by atoms with Crippen LogP contribution in [0.4, 0.5) is 5.69 Å². The summed E-state index contributed by atoms with van der Waals surface area (Å²) in [6.07, 6.45) is 0.397. The number of ether oxygens (including phenoxy) is 1. The number of anilines is 1. The molecule has 3 aromatic rings. The van der Waals surface area contributed by atoms with Crippen LogP contribution in [0.3, 0.4) is 0 Å². The van der Waals surface area contributed by atoms with Crippen molar-refractivity contribution in [2.24, 2.45) is 0 Å². The van der Waals surface area contributed by atoms with E-state index in [1.807, 2.05) is 30.3 Å². The number of amides is 2. The van der Waals surface area contributed by atoms with E-state index in [0.717, 1.165) is 5.56 Å². The zero-order valence-corrected chi connectivity index (χ0v) is 16.7. The number of benzene rings is 2. The van der Waals surface area contributed by atoms with E-state index in [1.165, 1.54) is 30.2 Å². The standard InChI is InChI=1S/C23H22N2O5/c1-16(22(27)25(2)15-17-9-4-3-5-10-17)30-23(28)18-11-6-7-12-19(18)24-21(26)20-13-8-14-29-20/h3-14,16H,15H2,1-2H3,(H,24,26)/t16-/m1/s1. The minimum absolute atomic E-state index is 0.115. The zero-order valence-electron chi connectivity index (χ0n) is 16.7. The molecule has 0 spiro atoms. The van der Waals surface area contributed by atoms with Gasteiger partial charge in [0.25, 0.3) is 11.8 Å². The number of hydrogen-bond acceptors (Lipinski definition) is 5. The Balaban J connectivity index is 1.65. The number of esters is 1. The lowest BCUT2D eigenvalue weighted by Gasteiger charge is -2.22. The Kier molecular flexibility index (Phi) is 6.64. The molecule has 0 unspecified atom stereocenters. The summed E-state index contributed by atoms with van der Waals surface area (Å²) >= 11 is 0. The van der Waals surface area contributed by atoms with Crippen LogP contribution in [0.1, 0.15) is 33.4 Å². The predicted octanol–water partition coefficient (Wildman–Crippen LogP) is 3.74. The number of furan rings is 1. The molecule has 7 heteroatoms. The van der Waals surface area contributed by atoms with Crippen LogP contribution in [-0.2, 0) is 16.1 Å². The van der Waals surface area contributed by atoms with Gasteiger partial charge >= 0.3 is 5.97 Å². The number of carbonyl (C=O) groups excluding carboxylic acids is 3. The second kappa shape index (κ2) is 9.56. The lowest BCUT2D eigenvalue weighted by Crippen LogP contribution is -2.37. The number of nitrogens with one attached hydrogen (secondary N) is 1. The summed E-state index contributed by atoms with van der Waals surface area (Å²) in [6, 6.07) is 19.0. The second-order valence-electron chi connectivity index (χ2n) is 6.70. The van der Waals surface area contributed by atoms with Crippen LogP contribution in [0.2, 0.25) is 0 Å². The average Bonchev–Trinajstić information content (AvgIpc) is 3.29. The fourth-order valence-corrected chi connectivity index (χ4v) is 2.88. The van der Waals surface area contributed by atoms with Crippen molar-refractivity contribution in [1.82, 2.24) is 4.90 Å². The first-order valence-electron chi connectivity index (χ1n) is 9.39. The Morgan fingerprint density at radius 2 is 1.70 bits per heavy atom. The van der Waals surface area contributed by atoms with Gasteiger partial charge in [-0.1, -0.05) is 42.5 Å². The quantitative estimate of drug-likeness (QED) is 0.604. The lowest BCUT2D eigenvalue weighted by molar-refractivity contribution is -0.139. The largest absolute Gasteiger partial charge is 0.459 e. The van der Waals surface area contributed by atoms with Crippen molar-refractivity contribution >= 4 is 23.5 Å². The van der Waals surface area contributed by atoms with E-state index in [2.05, 4.69) is 5.32 Å². The molecule has 2 aromatic carbocycles. The monoisotopic (exact) mass is 406 g/mol. The SMILES string of the molecule is C[C@@H](OC(=O)c1ccccc1NC(=O)c1ccco1)C(=O)N(C)Cc1ccccc1. The maximum Gasteiger partial charge on any atom is 0.341 e. The maximum absolute atomic E-state index is 12.7. The van der Waals surface area contributed by atoms with Crippen molar-refractivity contribution in [3.05, 3.63) is 89.9 Å². The highest BCUT2D eigenvalue weighted by atomic mass is 16.5. The molecule has 1 aromatic heterocycles. The van der Waals surface area contributed by atoms with Gasteiger partial charge in [0.05, 0.1) is 17.5 Å². The van der Waals surface area contributed by atoms with Gasteiger partial charge < -0.3 is 19.4 Å². The highest BCUT2D eigenvalue weighted by Gasteiger charge is 2.24. The fourth-order valence-electron chi connectivity index (χ4n) is 2.88. The van der Waals surface area contributed by atoms with Crippen molar-refractivity contribution in [3.8, 4) is 0 Å². The molecule has 154 valence electrons. The molecule has 2 amide bonds. The molecule has 0 bridgehead atoms. The van der Waals surface area contributed by atoms with Crippen molar-refractivity contribution < 1.29 is 23.5 Å². The predicted molar refractivity (Wildman–Crippen MR) is 111 cm³/mol. The van der Waals surface area contributed by atoms with E-state index in [1.54, 1.807) is 31.3 Å². The van der Waals surface area contributed by atoms with Gasteiger partial charge in [-0.15, -0.1) is 0 Å². The zero-order chi connectivity index (χ0) is 21.5. The molecule has 0 saturated carbocycles. The number of likely N-dealkylation sites (N-methyl/N-ethyl adjacent to an activating group) is 1. The Bertz CT molecular complexity index is 1020. The van der Waals surface area contributed by atoms with E-state index in [0.29, 0.717) is 6.54 Å². The number of nitrogens with zero attached hydrogens (tertiary/aromatic N) is 1. The van der Waals surface area contributed by atoms with Crippen LogP contribution in [0.5, 0.6) is 0 Å². The van der Waals surface area contributed by atoms with Crippen LogP contribution in [-0.4, -0.2) is 35.8 Å². The summed E-state index contributed by atoms with van der Waals surface area (Å²) in [5.41, 5.74) is 1.38. The van der Waals surface area contributed by atoms with Gasteiger partial charge in [0, 0.05) is 13.6 Å². The normalized spacial score (nSPS) is 11.4. The Morgan fingerprint density at radius 3 is 2.40 bits per heavy atom. The third-order valence-corrected chi connectivity index (χ3v) is 4.41. The molecule has 1 N–H and O–H groups in total. The number of hydrogen-bond donors (Lipinski definition) is 1. The lowest BCUT2D eigenvalue weighted by atomic mass is 10.1. The minimum atomic E-state index is -0.986. The highest BCUT2D eigenvalue weighted by Crippen LogP contribution is 2.19. The van der Waals surface area contributed by atoms with Gasteiger partial charge in [-0.05, 0) is 36.8 Å². The second-order valence-corrected chi connectivity index (χ2v) is 6.70. The van der Waals surface area contributed by atoms with Gasteiger partial charge in [0.2, 0.25) is 0 Å². The average molecular weight is 406 g/mol.